The highest BCUT2D eigenvalue weighted by Gasteiger charge is 2.18. The van der Waals surface area contributed by atoms with E-state index in [2.05, 4.69) is 15.0 Å². The molecule has 1 aromatic heterocycles. The van der Waals surface area contributed by atoms with Gasteiger partial charge in [0.25, 0.3) is 12.4 Å². The fourth-order valence-corrected chi connectivity index (χ4v) is 2.58. The molecule has 7 heteroatoms. The molecule has 0 unspecified atom stereocenters. The minimum absolute atomic E-state index is 0.0846. The number of ether oxygens (including phenoxy) is 1. The Kier molecular flexibility index (Phi) is 5.21. The van der Waals surface area contributed by atoms with Crippen molar-refractivity contribution in [2.24, 2.45) is 0 Å². The molecule has 0 radical (unpaired) electrons. The number of hydrogen-bond donors (Lipinski definition) is 1. The summed E-state index contributed by atoms with van der Waals surface area (Å²) in [4.78, 5) is 26.6. The zero-order valence-corrected chi connectivity index (χ0v) is 14.2. The van der Waals surface area contributed by atoms with Gasteiger partial charge >= 0.3 is 0 Å². The molecular formula is C20H14F2N2O3. The number of pyridine rings is 1. The first-order valence-electron chi connectivity index (χ1n) is 7.91. The number of benzene rings is 2. The molecule has 0 spiro atoms. The van der Waals surface area contributed by atoms with E-state index in [9.17, 15) is 18.4 Å². The number of aryl methyl sites for hydroxylation is 1. The number of nitrogens with zero attached hydrogens (tertiary/aromatic N) is 1. The quantitative estimate of drug-likeness (QED) is 0.688. The van der Waals surface area contributed by atoms with Gasteiger partial charge in [0.1, 0.15) is 17.3 Å². The van der Waals surface area contributed by atoms with Crippen LogP contribution >= 0.6 is 0 Å². The lowest BCUT2D eigenvalue weighted by molar-refractivity contribution is -0.120. The normalized spacial score (nSPS) is 10.3. The molecule has 0 aliphatic carbocycles. The molecule has 0 saturated carbocycles. The van der Waals surface area contributed by atoms with Crippen LogP contribution in [0.1, 0.15) is 15.9 Å². The average molecular weight is 368 g/mol. The van der Waals surface area contributed by atoms with Crippen molar-refractivity contribution >= 4 is 18.1 Å². The molecule has 0 aliphatic rings. The van der Waals surface area contributed by atoms with Gasteiger partial charge in [-0.05, 0) is 36.2 Å². The van der Waals surface area contributed by atoms with Crippen LogP contribution in [-0.4, -0.2) is 17.4 Å². The summed E-state index contributed by atoms with van der Waals surface area (Å²) in [6.45, 7) is 2.00. The number of carbonyl (C=O) groups is 2. The second kappa shape index (κ2) is 7.74. The summed E-state index contributed by atoms with van der Waals surface area (Å²) in [5.41, 5.74) is 1.28. The van der Waals surface area contributed by atoms with E-state index in [0.717, 1.165) is 23.9 Å². The maximum atomic E-state index is 14.5. The third kappa shape index (κ3) is 3.98. The van der Waals surface area contributed by atoms with Gasteiger partial charge in [0.15, 0.2) is 5.75 Å². The molecule has 0 fully saturated rings. The predicted octanol–water partition coefficient (Wildman–Crippen LogP) is 4.12. The zero-order chi connectivity index (χ0) is 19.4. The molecule has 0 atom stereocenters. The molecule has 1 heterocycles. The summed E-state index contributed by atoms with van der Waals surface area (Å²) < 4.78 is 33.6. The van der Waals surface area contributed by atoms with Gasteiger partial charge in [-0.2, -0.15) is 0 Å². The van der Waals surface area contributed by atoms with Crippen LogP contribution in [0.2, 0.25) is 0 Å². The molecule has 0 saturated heterocycles. The number of nitrogens with one attached hydrogen (secondary N) is 1. The Morgan fingerprint density at radius 2 is 1.85 bits per heavy atom. The van der Waals surface area contributed by atoms with Crippen molar-refractivity contribution in [3.05, 3.63) is 77.6 Å². The lowest BCUT2D eigenvalue weighted by atomic mass is 10.0. The number of halogens is 2. The Hall–Kier alpha value is -3.61. The summed E-state index contributed by atoms with van der Waals surface area (Å²) in [6.07, 6.45) is 2.44. The third-order valence-corrected chi connectivity index (χ3v) is 3.84. The van der Waals surface area contributed by atoms with Crippen LogP contribution in [0.5, 0.6) is 5.75 Å². The van der Waals surface area contributed by atoms with E-state index in [0.29, 0.717) is 11.1 Å². The maximum Gasteiger partial charge on any atom is 0.298 e. The van der Waals surface area contributed by atoms with Crippen molar-refractivity contribution in [2.45, 2.75) is 6.92 Å². The van der Waals surface area contributed by atoms with Gasteiger partial charge in [-0.25, -0.2) is 8.78 Å². The van der Waals surface area contributed by atoms with Gasteiger partial charge in [0.05, 0.1) is 11.8 Å². The first-order chi connectivity index (χ1) is 13.0. The van der Waals surface area contributed by atoms with Gasteiger partial charge < -0.3 is 10.1 Å². The Labute approximate surface area is 153 Å². The largest absolute Gasteiger partial charge is 0.426 e. The zero-order valence-electron chi connectivity index (χ0n) is 14.2. The number of anilines is 1. The first kappa shape index (κ1) is 18.2. The molecule has 2 aromatic carbocycles. The van der Waals surface area contributed by atoms with Crippen molar-refractivity contribution in [1.82, 2.24) is 4.98 Å². The van der Waals surface area contributed by atoms with Gasteiger partial charge in [-0.1, -0.05) is 29.8 Å². The minimum atomic E-state index is -0.924. The second-order valence-corrected chi connectivity index (χ2v) is 5.72. The van der Waals surface area contributed by atoms with Crippen molar-refractivity contribution in [3.8, 4) is 16.9 Å². The molecule has 3 rings (SSSR count). The summed E-state index contributed by atoms with van der Waals surface area (Å²) in [6, 6.07) is 10.7. The number of carbonyl (C=O) groups excluding carboxylic acids is 2. The molecule has 1 N–H and O–H groups in total. The van der Waals surface area contributed by atoms with Gasteiger partial charge in [0, 0.05) is 6.20 Å². The number of hydrogen-bond acceptors (Lipinski definition) is 4. The Morgan fingerprint density at radius 1 is 1.11 bits per heavy atom. The molecule has 27 heavy (non-hydrogen) atoms. The van der Waals surface area contributed by atoms with E-state index in [-0.39, 0.29) is 17.8 Å². The van der Waals surface area contributed by atoms with Crippen LogP contribution in [0.15, 0.2) is 54.9 Å². The third-order valence-electron chi connectivity index (χ3n) is 3.84. The Morgan fingerprint density at radius 3 is 2.52 bits per heavy atom. The van der Waals surface area contributed by atoms with E-state index in [1.54, 1.807) is 18.2 Å². The van der Waals surface area contributed by atoms with Gasteiger partial charge in [-0.15, -0.1) is 0 Å². The Balaban J connectivity index is 1.92. The van der Waals surface area contributed by atoms with E-state index in [1.807, 2.05) is 13.0 Å². The van der Waals surface area contributed by atoms with Gasteiger partial charge in [0.2, 0.25) is 0 Å². The lowest BCUT2D eigenvalue weighted by Crippen LogP contribution is -2.16. The molecule has 5 nitrogen and oxygen atoms in total. The minimum Gasteiger partial charge on any atom is -0.426 e. The first-order valence-corrected chi connectivity index (χ1v) is 7.91. The summed E-state index contributed by atoms with van der Waals surface area (Å²) in [7, 11) is 0. The molecule has 3 aromatic rings. The van der Waals surface area contributed by atoms with E-state index >= 15 is 0 Å². The average Bonchev–Trinajstić information content (AvgIpc) is 2.65. The highest BCUT2D eigenvalue weighted by Crippen LogP contribution is 2.29. The number of aromatic nitrogens is 1. The molecule has 136 valence electrons. The molecule has 0 aliphatic heterocycles. The van der Waals surface area contributed by atoms with Crippen molar-refractivity contribution in [3.63, 3.8) is 0 Å². The van der Waals surface area contributed by atoms with E-state index in [4.69, 9.17) is 0 Å². The number of rotatable bonds is 5. The fourth-order valence-electron chi connectivity index (χ4n) is 2.58. The van der Waals surface area contributed by atoms with Crippen LogP contribution in [0, 0.1) is 18.6 Å². The van der Waals surface area contributed by atoms with E-state index in [1.165, 1.54) is 12.3 Å². The second-order valence-electron chi connectivity index (χ2n) is 5.72. The van der Waals surface area contributed by atoms with Crippen LogP contribution < -0.4 is 10.1 Å². The SMILES string of the molecule is Cc1cccc(-c2cc(F)c(NC(=O)c3ccncc3OC=O)c(F)c2)c1. The smallest absolute Gasteiger partial charge is 0.298 e. The maximum absolute atomic E-state index is 14.5. The summed E-state index contributed by atoms with van der Waals surface area (Å²) in [5.74, 6) is -2.81. The topological polar surface area (TPSA) is 68.3 Å². The highest BCUT2D eigenvalue weighted by atomic mass is 19.1. The monoisotopic (exact) mass is 368 g/mol. The van der Waals surface area contributed by atoms with Crippen LogP contribution in [0.4, 0.5) is 14.5 Å². The molecular weight excluding hydrogens is 354 g/mol. The fraction of sp³-hybridized carbons (Fsp3) is 0.0500. The van der Waals surface area contributed by atoms with E-state index < -0.39 is 23.2 Å². The number of amides is 1. The van der Waals surface area contributed by atoms with Gasteiger partial charge in [-0.3, -0.25) is 14.6 Å². The lowest BCUT2D eigenvalue weighted by Gasteiger charge is -2.11. The van der Waals surface area contributed by atoms with Crippen LogP contribution in [0.3, 0.4) is 0 Å². The van der Waals surface area contributed by atoms with Crippen LogP contribution in [0.25, 0.3) is 11.1 Å². The summed E-state index contributed by atoms with van der Waals surface area (Å²) in [5, 5.41) is 2.17. The molecule has 0 bridgehead atoms. The highest BCUT2D eigenvalue weighted by molar-refractivity contribution is 6.06. The Bertz CT molecular complexity index is 999. The van der Waals surface area contributed by atoms with Crippen molar-refractivity contribution in [1.29, 1.82) is 0 Å². The standard InChI is InChI=1S/C20H14F2N2O3/c1-12-3-2-4-13(7-12)14-8-16(21)19(17(22)9-14)24-20(26)15-5-6-23-10-18(15)27-11-25/h2-11H,1H3,(H,24,26). The molecule has 1 amide bonds. The van der Waals surface area contributed by atoms with Crippen molar-refractivity contribution in [2.75, 3.05) is 5.32 Å². The predicted molar refractivity (Wildman–Crippen MR) is 95.4 cm³/mol. The van der Waals surface area contributed by atoms with Crippen molar-refractivity contribution < 1.29 is 23.1 Å². The van der Waals surface area contributed by atoms with Crippen LogP contribution in [-0.2, 0) is 4.79 Å². The summed E-state index contributed by atoms with van der Waals surface area (Å²) >= 11 is 0.